The van der Waals surface area contributed by atoms with E-state index >= 15 is 0 Å². The van der Waals surface area contributed by atoms with Crippen LogP contribution < -0.4 is 10.9 Å². The molecule has 0 radical (unpaired) electrons. The Hall–Kier alpha value is -3.08. The van der Waals surface area contributed by atoms with Gasteiger partial charge in [0.15, 0.2) is 10.8 Å². The van der Waals surface area contributed by atoms with Crippen LogP contribution in [0, 0.1) is 0 Å². The highest BCUT2D eigenvalue weighted by Crippen LogP contribution is 2.30. The maximum absolute atomic E-state index is 12.8. The zero-order chi connectivity index (χ0) is 19.4. The summed E-state index contributed by atoms with van der Waals surface area (Å²) in [6, 6.07) is 10.4. The molecule has 140 valence electrons. The third-order valence-electron chi connectivity index (χ3n) is 3.38. The summed E-state index contributed by atoms with van der Waals surface area (Å²) in [5.41, 5.74) is 4.23. The number of nitrogens with zero attached hydrogens (tertiary/aromatic N) is 3. The number of hydrogen-bond acceptors (Lipinski definition) is 5. The first-order valence-electron chi connectivity index (χ1n) is 7.53. The SMILES string of the molecule is O=C(CSc1nnc2ccc(C(F)(F)F)cn12)NNC(=O)c1ccccc1. The van der Waals surface area contributed by atoms with Crippen molar-refractivity contribution in [3.05, 3.63) is 59.8 Å². The van der Waals surface area contributed by atoms with Crippen molar-refractivity contribution in [3.63, 3.8) is 0 Å². The Morgan fingerprint density at radius 3 is 2.48 bits per heavy atom. The normalized spacial score (nSPS) is 11.4. The molecule has 0 atom stereocenters. The van der Waals surface area contributed by atoms with Crippen molar-refractivity contribution in [1.82, 2.24) is 25.4 Å². The number of aromatic nitrogens is 3. The van der Waals surface area contributed by atoms with Gasteiger partial charge in [-0.15, -0.1) is 10.2 Å². The topological polar surface area (TPSA) is 88.4 Å². The van der Waals surface area contributed by atoms with Gasteiger partial charge in [-0.1, -0.05) is 30.0 Å². The number of amides is 2. The second kappa shape index (κ2) is 7.66. The summed E-state index contributed by atoms with van der Waals surface area (Å²) in [6.07, 6.45) is -3.63. The Bertz CT molecular complexity index is 975. The summed E-state index contributed by atoms with van der Waals surface area (Å²) in [4.78, 5) is 23.7. The Balaban J connectivity index is 1.59. The number of pyridine rings is 1. The molecular weight excluding hydrogens is 383 g/mol. The highest BCUT2D eigenvalue weighted by molar-refractivity contribution is 7.99. The van der Waals surface area contributed by atoms with Gasteiger partial charge in [0.1, 0.15) is 0 Å². The number of fused-ring (bicyclic) bond motifs is 1. The predicted molar refractivity (Wildman–Crippen MR) is 90.8 cm³/mol. The van der Waals surface area contributed by atoms with Crippen LogP contribution in [-0.2, 0) is 11.0 Å². The molecule has 7 nitrogen and oxygen atoms in total. The highest BCUT2D eigenvalue weighted by Gasteiger charge is 2.31. The quantitative estimate of drug-likeness (QED) is 0.523. The molecule has 0 bridgehead atoms. The Morgan fingerprint density at radius 2 is 1.78 bits per heavy atom. The van der Waals surface area contributed by atoms with Crippen molar-refractivity contribution in [2.24, 2.45) is 0 Å². The highest BCUT2D eigenvalue weighted by atomic mass is 32.2. The smallest absolute Gasteiger partial charge is 0.277 e. The van der Waals surface area contributed by atoms with Crippen LogP contribution in [0.25, 0.3) is 5.65 Å². The van der Waals surface area contributed by atoms with E-state index in [0.29, 0.717) is 5.56 Å². The van der Waals surface area contributed by atoms with E-state index in [1.165, 1.54) is 6.07 Å². The van der Waals surface area contributed by atoms with E-state index in [9.17, 15) is 22.8 Å². The van der Waals surface area contributed by atoms with Gasteiger partial charge in [-0.3, -0.25) is 24.8 Å². The standard InChI is InChI=1S/C16H12F3N5O2S/c17-16(18,19)11-6-7-12-20-23-15(24(12)8-11)27-9-13(25)21-22-14(26)10-4-2-1-3-5-10/h1-8H,9H2,(H,21,25)(H,22,26). The molecular formula is C16H12F3N5O2S. The van der Waals surface area contributed by atoms with E-state index in [-0.39, 0.29) is 16.6 Å². The minimum atomic E-state index is -4.50. The molecule has 2 amide bonds. The Labute approximate surface area is 154 Å². The second-order valence-electron chi connectivity index (χ2n) is 5.28. The third kappa shape index (κ3) is 4.56. The lowest BCUT2D eigenvalue weighted by molar-refractivity contribution is -0.137. The molecule has 2 aromatic heterocycles. The fraction of sp³-hybridized carbons (Fsp3) is 0.125. The van der Waals surface area contributed by atoms with Crippen molar-refractivity contribution in [2.45, 2.75) is 11.3 Å². The van der Waals surface area contributed by atoms with E-state index in [2.05, 4.69) is 21.0 Å². The van der Waals surface area contributed by atoms with Crippen LogP contribution in [0.15, 0.2) is 53.8 Å². The Morgan fingerprint density at radius 1 is 1.04 bits per heavy atom. The average molecular weight is 395 g/mol. The minimum absolute atomic E-state index is 0.126. The summed E-state index contributed by atoms with van der Waals surface area (Å²) in [7, 11) is 0. The molecule has 1 aromatic carbocycles. The third-order valence-corrected chi connectivity index (χ3v) is 4.33. The molecule has 2 heterocycles. The molecule has 27 heavy (non-hydrogen) atoms. The number of hydrazine groups is 1. The predicted octanol–water partition coefficient (Wildman–Crippen LogP) is 2.30. The fourth-order valence-electron chi connectivity index (χ4n) is 2.09. The summed E-state index contributed by atoms with van der Waals surface area (Å²) in [6.45, 7) is 0. The number of hydrogen-bond donors (Lipinski definition) is 2. The molecule has 0 spiro atoms. The molecule has 2 N–H and O–H groups in total. The molecule has 0 saturated carbocycles. The van der Waals surface area contributed by atoms with E-state index in [1.807, 2.05) is 0 Å². The number of halogens is 3. The fourth-order valence-corrected chi connectivity index (χ4v) is 2.81. The average Bonchev–Trinajstić information content (AvgIpc) is 3.06. The van der Waals surface area contributed by atoms with Gasteiger partial charge in [-0.05, 0) is 24.3 Å². The van der Waals surface area contributed by atoms with Crippen LogP contribution in [-0.4, -0.2) is 32.2 Å². The number of nitrogens with one attached hydrogen (secondary N) is 2. The minimum Gasteiger partial charge on any atom is -0.277 e. The van der Waals surface area contributed by atoms with Crippen molar-refractivity contribution in [3.8, 4) is 0 Å². The van der Waals surface area contributed by atoms with Gasteiger partial charge in [-0.2, -0.15) is 13.2 Å². The van der Waals surface area contributed by atoms with Gasteiger partial charge in [0.05, 0.1) is 11.3 Å². The van der Waals surface area contributed by atoms with Gasteiger partial charge < -0.3 is 0 Å². The van der Waals surface area contributed by atoms with Crippen LogP contribution in [0.3, 0.4) is 0 Å². The summed E-state index contributed by atoms with van der Waals surface area (Å²) < 4.78 is 39.6. The first kappa shape index (κ1) is 18.7. The summed E-state index contributed by atoms with van der Waals surface area (Å²) in [5, 5.41) is 7.66. The Kier molecular flexibility index (Phi) is 5.31. The number of carbonyl (C=O) groups excluding carboxylic acids is 2. The van der Waals surface area contributed by atoms with Gasteiger partial charge in [0.25, 0.3) is 5.91 Å². The maximum Gasteiger partial charge on any atom is 0.417 e. The van der Waals surface area contributed by atoms with Crippen molar-refractivity contribution in [2.75, 3.05) is 5.75 Å². The van der Waals surface area contributed by atoms with Crippen LogP contribution >= 0.6 is 11.8 Å². The van der Waals surface area contributed by atoms with Crippen LogP contribution in [0.4, 0.5) is 13.2 Å². The molecule has 3 aromatic rings. The molecule has 0 aliphatic rings. The first-order chi connectivity index (χ1) is 12.8. The van der Waals surface area contributed by atoms with Gasteiger partial charge in [0.2, 0.25) is 5.91 Å². The van der Waals surface area contributed by atoms with Crippen LogP contribution in [0.1, 0.15) is 15.9 Å². The lowest BCUT2D eigenvalue weighted by Crippen LogP contribution is -2.42. The van der Waals surface area contributed by atoms with Crippen molar-refractivity contribution < 1.29 is 22.8 Å². The molecule has 0 aliphatic carbocycles. The monoisotopic (exact) mass is 395 g/mol. The van der Waals surface area contributed by atoms with E-state index < -0.39 is 23.6 Å². The first-order valence-corrected chi connectivity index (χ1v) is 8.52. The zero-order valence-electron chi connectivity index (χ0n) is 13.5. The van der Waals surface area contributed by atoms with Crippen LogP contribution in [0.2, 0.25) is 0 Å². The van der Waals surface area contributed by atoms with E-state index in [1.54, 1.807) is 30.3 Å². The second-order valence-corrected chi connectivity index (χ2v) is 6.23. The van der Waals surface area contributed by atoms with Crippen molar-refractivity contribution in [1.29, 1.82) is 0 Å². The number of carbonyl (C=O) groups is 2. The number of benzene rings is 1. The van der Waals surface area contributed by atoms with Gasteiger partial charge >= 0.3 is 6.18 Å². The molecule has 0 fully saturated rings. The number of rotatable bonds is 4. The van der Waals surface area contributed by atoms with Crippen molar-refractivity contribution >= 4 is 29.2 Å². The number of thioether (sulfide) groups is 1. The summed E-state index contributed by atoms with van der Waals surface area (Å²) >= 11 is 0.890. The van der Waals surface area contributed by atoms with Gasteiger partial charge in [-0.25, -0.2) is 0 Å². The lowest BCUT2D eigenvalue weighted by atomic mass is 10.2. The molecule has 0 saturated heterocycles. The van der Waals surface area contributed by atoms with E-state index in [0.717, 1.165) is 28.4 Å². The van der Waals surface area contributed by atoms with Gasteiger partial charge in [0, 0.05) is 11.8 Å². The zero-order valence-corrected chi connectivity index (χ0v) is 14.3. The van der Waals surface area contributed by atoms with Crippen LogP contribution in [0.5, 0.6) is 0 Å². The summed E-state index contributed by atoms with van der Waals surface area (Å²) in [5.74, 6) is -1.21. The largest absolute Gasteiger partial charge is 0.417 e. The van der Waals surface area contributed by atoms with E-state index in [4.69, 9.17) is 0 Å². The maximum atomic E-state index is 12.8. The molecule has 11 heteroatoms. The number of alkyl halides is 3. The molecule has 0 aliphatic heterocycles. The lowest BCUT2D eigenvalue weighted by Gasteiger charge is -2.08. The molecule has 0 unspecified atom stereocenters. The molecule has 3 rings (SSSR count).